The molecule has 0 spiro atoms. The zero-order chi connectivity index (χ0) is 11.8. The Kier molecular flexibility index (Phi) is 2.55. The second-order valence-electron chi connectivity index (χ2n) is 3.36. The molecule has 0 atom stereocenters. The van der Waals surface area contributed by atoms with Crippen LogP contribution in [0.3, 0.4) is 0 Å². The highest BCUT2D eigenvalue weighted by molar-refractivity contribution is 5.87. The predicted octanol–water partition coefficient (Wildman–Crippen LogP) is 2.71. The largest absolute Gasteiger partial charge is 0.417 e. The molecule has 0 bridgehead atoms. The maximum atomic E-state index is 12.7. The van der Waals surface area contributed by atoms with Gasteiger partial charge in [0.2, 0.25) is 0 Å². The summed E-state index contributed by atoms with van der Waals surface area (Å²) in [6, 6.07) is 5.38. The fraction of sp³-hybridized carbons (Fsp3) is 0.182. The van der Waals surface area contributed by atoms with Crippen LogP contribution < -0.4 is 5.73 Å². The normalized spacial score (nSPS) is 12.0. The molecule has 0 aliphatic carbocycles. The Morgan fingerprint density at radius 2 is 1.88 bits per heavy atom. The van der Waals surface area contributed by atoms with E-state index in [1.54, 1.807) is 6.07 Å². The lowest BCUT2D eigenvalue weighted by Gasteiger charge is -2.11. The minimum absolute atomic E-state index is 0.124. The maximum Gasteiger partial charge on any atom is 0.417 e. The number of pyridine rings is 1. The van der Waals surface area contributed by atoms with E-state index in [1.165, 1.54) is 18.3 Å². The van der Waals surface area contributed by atoms with Gasteiger partial charge in [0.05, 0.1) is 11.3 Å². The second kappa shape index (κ2) is 3.75. The summed E-state index contributed by atoms with van der Waals surface area (Å²) in [6.07, 6.45) is -3.01. The molecular weight excluding hydrogens is 217 g/mol. The molecule has 0 saturated carbocycles. The first-order valence-electron chi connectivity index (χ1n) is 4.68. The molecular formula is C11H9F3N2. The van der Waals surface area contributed by atoms with Crippen LogP contribution in [0, 0.1) is 0 Å². The van der Waals surface area contributed by atoms with Crippen molar-refractivity contribution < 1.29 is 13.2 Å². The van der Waals surface area contributed by atoms with E-state index in [1.807, 2.05) is 0 Å². The third kappa shape index (κ3) is 1.74. The molecule has 1 aromatic carbocycles. The van der Waals surface area contributed by atoms with Gasteiger partial charge in [-0.25, -0.2) is 0 Å². The van der Waals surface area contributed by atoms with Gasteiger partial charge in [0, 0.05) is 18.1 Å². The number of nitrogens with two attached hydrogens (primary N) is 1. The molecule has 1 heterocycles. The lowest BCUT2D eigenvalue weighted by molar-refractivity contribution is -0.136. The summed E-state index contributed by atoms with van der Waals surface area (Å²) in [5.74, 6) is 0. The van der Waals surface area contributed by atoms with Crippen LogP contribution in [0.5, 0.6) is 0 Å². The number of aromatic nitrogens is 1. The van der Waals surface area contributed by atoms with Crippen molar-refractivity contribution in [2.75, 3.05) is 0 Å². The van der Waals surface area contributed by atoms with E-state index in [2.05, 4.69) is 4.98 Å². The highest BCUT2D eigenvalue weighted by Crippen LogP contribution is 2.34. The Hall–Kier alpha value is -1.62. The predicted molar refractivity (Wildman–Crippen MR) is 54.6 cm³/mol. The molecule has 0 unspecified atom stereocenters. The van der Waals surface area contributed by atoms with Crippen LogP contribution in [0.25, 0.3) is 10.8 Å². The number of alkyl halides is 3. The summed E-state index contributed by atoms with van der Waals surface area (Å²) in [4.78, 5) is 3.96. The van der Waals surface area contributed by atoms with E-state index >= 15 is 0 Å². The Morgan fingerprint density at radius 1 is 1.12 bits per heavy atom. The van der Waals surface area contributed by atoms with E-state index in [0.29, 0.717) is 11.1 Å². The Morgan fingerprint density at radius 3 is 2.50 bits per heavy atom. The van der Waals surface area contributed by atoms with Gasteiger partial charge >= 0.3 is 6.18 Å². The molecule has 0 fully saturated rings. The topological polar surface area (TPSA) is 38.9 Å². The zero-order valence-electron chi connectivity index (χ0n) is 8.25. The third-order valence-corrected chi connectivity index (χ3v) is 2.39. The monoisotopic (exact) mass is 226 g/mol. The Balaban J connectivity index is 2.79. The Bertz CT molecular complexity index is 520. The van der Waals surface area contributed by atoms with E-state index in [-0.39, 0.29) is 11.9 Å². The quantitative estimate of drug-likeness (QED) is 0.811. The number of hydrogen-bond acceptors (Lipinski definition) is 2. The summed E-state index contributed by atoms with van der Waals surface area (Å²) in [7, 11) is 0. The molecule has 2 nitrogen and oxygen atoms in total. The van der Waals surface area contributed by atoms with Gasteiger partial charge in [-0.2, -0.15) is 13.2 Å². The van der Waals surface area contributed by atoms with Crippen molar-refractivity contribution in [2.45, 2.75) is 12.7 Å². The number of hydrogen-bond donors (Lipinski definition) is 1. The average molecular weight is 226 g/mol. The molecule has 16 heavy (non-hydrogen) atoms. The fourth-order valence-electron chi connectivity index (χ4n) is 1.68. The van der Waals surface area contributed by atoms with Crippen molar-refractivity contribution in [3.63, 3.8) is 0 Å². The number of halogens is 3. The SMILES string of the molecule is NCc1nccc2c(C(F)(F)F)cccc12. The van der Waals surface area contributed by atoms with Crippen molar-refractivity contribution in [3.8, 4) is 0 Å². The highest BCUT2D eigenvalue weighted by Gasteiger charge is 2.32. The van der Waals surface area contributed by atoms with Gasteiger partial charge in [0.25, 0.3) is 0 Å². The molecule has 0 amide bonds. The molecule has 2 rings (SSSR count). The van der Waals surface area contributed by atoms with Crippen LogP contribution in [-0.4, -0.2) is 4.98 Å². The number of rotatable bonds is 1. The van der Waals surface area contributed by atoms with Gasteiger partial charge in [0.15, 0.2) is 0 Å². The smallest absolute Gasteiger partial charge is 0.325 e. The van der Waals surface area contributed by atoms with Crippen molar-refractivity contribution in [2.24, 2.45) is 5.73 Å². The van der Waals surface area contributed by atoms with Gasteiger partial charge in [-0.05, 0) is 17.5 Å². The summed E-state index contributed by atoms with van der Waals surface area (Å²) < 4.78 is 38.1. The summed E-state index contributed by atoms with van der Waals surface area (Å²) in [5.41, 5.74) is 5.26. The molecule has 0 radical (unpaired) electrons. The molecule has 0 aliphatic rings. The van der Waals surface area contributed by atoms with Gasteiger partial charge in [-0.15, -0.1) is 0 Å². The minimum Gasteiger partial charge on any atom is -0.325 e. The fourth-order valence-corrected chi connectivity index (χ4v) is 1.68. The van der Waals surface area contributed by atoms with Crippen molar-refractivity contribution >= 4 is 10.8 Å². The van der Waals surface area contributed by atoms with Crippen molar-refractivity contribution in [1.29, 1.82) is 0 Å². The summed E-state index contributed by atoms with van der Waals surface area (Å²) in [5, 5.41) is 0.602. The van der Waals surface area contributed by atoms with E-state index in [9.17, 15) is 13.2 Å². The molecule has 2 N–H and O–H groups in total. The van der Waals surface area contributed by atoms with E-state index in [4.69, 9.17) is 5.73 Å². The van der Waals surface area contributed by atoms with Gasteiger partial charge < -0.3 is 5.73 Å². The summed E-state index contributed by atoms with van der Waals surface area (Å²) in [6.45, 7) is 0.124. The maximum absolute atomic E-state index is 12.7. The molecule has 0 saturated heterocycles. The Labute approximate surface area is 89.9 Å². The van der Waals surface area contributed by atoms with Gasteiger partial charge in [-0.1, -0.05) is 12.1 Å². The number of fused-ring (bicyclic) bond motifs is 1. The van der Waals surface area contributed by atoms with E-state index in [0.717, 1.165) is 6.07 Å². The van der Waals surface area contributed by atoms with Crippen LogP contribution >= 0.6 is 0 Å². The van der Waals surface area contributed by atoms with Crippen molar-refractivity contribution in [3.05, 3.63) is 41.7 Å². The number of nitrogens with zero attached hydrogens (tertiary/aromatic N) is 1. The first-order valence-corrected chi connectivity index (χ1v) is 4.68. The number of benzene rings is 1. The molecule has 84 valence electrons. The molecule has 1 aromatic heterocycles. The first kappa shape index (κ1) is 10.9. The first-order chi connectivity index (χ1) is 7.54. The lowest BCUT2D eigenvalue weighted by Crippen LogP contribution is -2.07. The van der Waals surface area contributed by atoms with Crippen LogP contribution in [0.15, 0.2) is 30.5 Å². The average Bonchev–Trinajstić information content (AvgIpc) is 2.26. The van der Waals surface area contributed by atoms with Gasteiger partial charge in [0.1, 0.15) is 0 Å². The van der Waals surface area contributed by atoms with E-state index < -0.39 is 11.7 Å². The van der Waals surface area contributed by atoms with Crippen LogP contribution in [0.2, 0.25) is 0 Å². The summed E-state index contributed by atoms with van der Waals surface area (Å²) >= 11 is 0. The highest BCUT2D eigenvalue weighted by atomic mass is 19.4. The minimum atomic E-state index is -4.35. The van der Waals surface area contributed by atoms with Crippen LogP contribution in [0.1, 0.15) is 11.3 Å². The van der Waals surface area contributed by atoms with Crippen LogP contribution in [0.4, 0.5) is 13.2 Å². The lowest BCUT2D eigenvalue weighted by atomic mass is 10.0. The zero-order valence-corrected chi connectivity index (χ0v) is 8.25. The van der Waals surface area contributed by atoms with Gasteiger partial charge in [-0.3, -0.25) is 4.98 Å². The molecule has 2 aromatic rings. The molecule has 5 heteroatoms. The standard InChI is InChI=1S/C11H9F3N2/c12-11(13,14)9-3-1-2-8-7(9)4-5-16-10(8)6-15/h1-5H,6,15H2. The second-order valence-corrected chi connectivity index (χ2v) is 3.36. The van der Waals surface area contributed by atoms with Crippen LogP contribution in [-0.2, 0) is 12.7 Å². The third-order valence-electron chi connectivity index (χ3n) is 2.39. The van der Waals surface area contributed by atoms with Crippen molar-refractivity contribution in [1.82, 2.24) is 4.98 Å². The molecule has 0 aliphatic heterocycles.